The third-order valence-corrected chi connectivity index (χ3v) is 2.75. The van der Waals surface area contributed by atoms with Gasteiger partial charge in [-0.1, -0.05) is 26.7 Å². The third-order valence-electron chi connectivity index (χ3n) is 2.75. The lowest BCUT2D eigenvalue weighted by atomic mass is 10.1. The van der Waals surface area contributed by atoms with Gasteiger partial charge in [0.1, 0.15) is 6.61 Å². The Balaban J connectivity index is 4.35. The molecule has 0 aromatic carbocycles. The van der Waals surface area contributed by atoms with E-state index in [0.29, 0.717) is 13.1 Å². The van der Waals surface area contributed by atoms with Crippen molar-refractivity contribution in [2.45, 2.75) is 33.1 Å². The molecule has 0 spiro atoms. The Bertz CT molecular complexity index is 255. The minimum Gasteiger partial charge on any atom is -0.469 e. The van der Waals surface area contributed by atoms with Crippen molar-refractivity contribution >= 4 is 11.9 Å². The summed E-state index contributed by atoms with van der Waals surface area (Å²) in [5, 5.41) is 0. The number of nitrogens with zero attached hydrogens (tertiary/aromatic N) is 1. The van der Waals surface area contributed by atoms with Crippen LogP contribution in [0.25, 0.3) is 0 Å². The van der Waals surface area contributed by atoms with E-state index in [0.717, 1.165) is 19.3 Å². The molecule has 106 valence electrons. The Kier molecular flexibility index (Phi) is 9.28. The van der Waals surface area contributed by atoms with E-state index in [-0.39, 0.29) is 24.4 Å². The average molecular weight is 259 g/mol. The summed E-state index contributed by atoms with van der Waals surface area (Å²) in [6.07, 6.45) is 3.11. The zero-order valence-corrected chi connectivity index (χ0v) is 11.9. The van der Waals surface area contributed by atoms with Crippen LogP contribution in [0.1, 0.15) is 33.1 Å². The molecule has 0 aliphatic heterocycles. The molecule has 1 amide bonds. The van der Waals surface area contributed by atoms with Gasteiger partial charge in [-0.3, -0.25) is 9.59 Å². The fourth-order valence-electron chi connectivity index (χ4n) is 1.69. The minimum atomic E-state index is -0.308. The Morgan fingerprint density at radius 1 is 1.22 bits per heavy atom. The van der Waals surface area contributed by atoms with Crippen molar-refractivity contribution < 1.29 is 19.1 Å². The molecule has 18 heavy (non-hydrogen) atoms. The molecule has 0 saturated heterocycles. The maximum absolute atomic E-state index is 11.8. The minimum absolute atomic E-state index is 0.0556. The van der Waals surface area contributed by atoms with Crippen LogP contribution in [-0.2, 0) is 19.1 Å². The summed E-state index contributed by atoms with van der Waals surface area (Å²) in [5.74, 6) is -0.678. The van der Waals surface area contributed by atoms with Gasteiger partial charge in [-0.05, 0) is 6.42 Å². The second kappa shape index (κ2) is 9.88. The smallest absolute Gasteiger partial charge is 0.310 e. The highest BCUT2D eigenvalue weighted by molar-refractivity contribution is 5.78. The Hall–Kier alpha value is -1.10. The molecule has 0 rings (SSSR count). The first-order valence-electron chi connectivity index (χ1n) is 6.41. The predicted molar refractivity (Wildman–Crippen MR) is 69.2 cm³/mol. The van der Waals surface area contributed by atoms with Crippen LogP contribution < -0.4 is 0 Å². The fraction of sp³-hybridized carbons (Fsp3) is 0.846. The van der Waals surface area contributed by atoms with Gasteiger partial charge in [-0.2, -0.15) is 0 Å². The summed E-state index contributed by atoms with van der Waals surface area (Å²) < 4.78 is 9.52. The van der Waals surface area contributed by atoms with Gasteiger partial charge in [0.25, 0.3) is 0 Å². The highest BCUT2D eigenvalue weighted by Gasteiger charge is 2.20. The van der Waals surface area contributed by atoms with Gasteiger partial charge in [0.2, 0.25) is 5.91 Å². The molecule has 0 aliphatic carbocycles. The van der Waals surface area contributed by atoms with Crippen molar-refractivity contribution in [2.24, 2.45) is 5.92 Å². The second-order valence-corrected chi connectivity index (χ2v) is 4.40. The van der Waals surface area contributed by atoms with Crippen LogP contribution >= 0.6 is 0 Å². The number of unbranched alkanes of at least 4 members (excludes halogenated alkanes) is 2. The van der Waals surface area contributed by atoms with Gasteiger partial charge >= 0.3 is 5.97 Å². The first-order valence-corrected chi connectivity index (χ1v) is 6.41. The van der Waals surface area contributed by atoms with Gasteiger partial charge in [-0.15, -0.1) is 0 Å². The zero-order chi connectivity index (χ0) is 14.0. The average Bonchev–Trinajstić information content (AvgIpc) is 2.36. The van der Waals surface area contributed by atoms with Gasteiger partial charge in [0.15, 0.2) is 0 Å². The summed E-state index contributed by atoms with van der Waals surface area (Å²) in [5.41, 5.74) is 0. The Morgan fingerprint density at radius 2 is 1.89 bits per heavy atom. The molecule has 0 bridgehead atoms. The van der Waals surface area contributed by atoms with Gasteiger partial charge in [0, 0.05) is 20.2 Å². The molecule has 0 aromatic rings. The summed E-state index contributed by atoms with van der Waals surface area (Å²) >= 11 is 0. The first kappa shape index (κ1) is 16.9. The molecule has 0 N–H and O–H groups in total. The zero-order valence-electron chi connectivity index (χ0n) is 11.9. The van der Waals surface area contributed by atoms with Crippen molar-refractivity contribution in [2.75, 3.05) is 33.9 Å². The molecule has 1 atom stereocenters. The highest BCUT2D eigenvalue weighted by atomic mass is 16.5. The van der Waals surface area contributed by atoms with E-state index in [1.54, 1.807) is 11.8 Å². The summed E-state index contributed by atoms with van der Waals surface area (Å²) in [4.78, 5) is 24.9. The lowest BCUT2D eigenvalue weighted by molar-refractivity contribution is -0.147. The molecule has 0 aliphatic rings. The van der Waals surface area contributed by atoms with Crippen molar-refractivity contribution in [1.82, 2.24) is 4.90 Å². The maximum atomic E-state index is 11.8. The van der Waals surface area contributed by atoms with Crippen molar-refractivity contribution in [3.8, 4) is 0 Å². The van der Waals surface area contributed by atoms with Crippen LogP contribution in [0.4, 0.5) is 0 Å². The second-order valence-electron chi connectivity index (χ2n) is 4.40. The number of carbonyl (C=O) groups is 2. The molecule has 5 nitrogen and oxygen atoms in total. The lowest BCUT2D eigenvalue weighted by Gasteiger charge is -2.24. The summed E-state index contributed by atoms with van der Waals surface area (Å²) in [6, 6.07) is 0. The van der Waals surface area contributed by atoms with E-state index >= 15 is 0 Å². The van der Waals surface area contributed by atoms with E-state index in [2.05, 4.69) is 11.7 Å². The van der Waals surface area contributed by atoms with Gasteiger partial charge in [0.05, 0.1) is 13.0 Å². The lowest BCUT2D eigenvalue weighted by Crippen LogP contribution is -2.39. The molecular weight excluding hydrogens is 234 g/mol. The summed E-state index contributed by atoms with van der Waals surface area (Å²) in [7, 11) is 2.85. The van der Waals surface area contributed by atoms with Crippen LogP contribution in [0.2, 0.25) is 0 Å². The fourth-order valence-corrected chi connectivity index (χ4v) is 1.69. The molecule has 0 heterocycles. The van der Waals surface area contributed by atoms with E-state index in [4.69, 9.17) is 4.74 Å². The van der Waals surface area contributed by atoms with Crippen LogP contribution in [0.15, 0.2) is 0 Å². The van der Waals surface area contributed by atoms with Crippen molar-refractivity contribution in [1.29, 1.82) is 0 Å². The number of hydrogen-bond acceptors (Lipinski definition) is 4. The monoisotopic (exact) mass is 259 g/mol. The molecular formula is C13H25NO4. The largest absolute Gasteiger partial charge is 0.469 e. The topological polar surface area (TPSA) is 55.8 Å². The first-order chi connectivity index (χ1) is 8.56. The Labute approximate surface area is 109 Å². The molecule has 0 radical (unpaired) electrons. The number of esters is 1. The van der Waals surface area contributed by atoms with Crippen LogP contribution in [-0.4, -0.2) is 50.7 Å². The van der Waals surface area contributed by atoms with E-state index < -0.39 is 0 Å². The van der Waals surface area contributed by atoms with Crippen molar-refractivity contribution in [3.63, 3.8) is 0 Å². The molecule has 0 aromatic heterocycles. The van der Waals surface area contributed by atoms with Crippen LogP contribution in [0.5, 0.6) is 0 Å². The number of carbonyl (C=O) groups excluding carboxylic acids is 2. The van der Waals surface area contributed by atoms with Gasteiger partial charge < -0.3 is 14.4 Å². The normalized spacial score (nSPS) is 12.0. The van der Waals surface area contributed by atoms with Crippen LogP contribution in [0, 0.1) is 5.92 Å². The molecule has 0 saturated carbocycles. The van der Waals surface area contributed by atoms with Gasteiger partial charge in [-0.25, -0.2) is 0 Å². The van der Waals surface area contributed by atoms with E-state index in [1.807, 2.05) is 0 Å². The van der Waals surface area contributed by atoms with Crippen LogP contribution in [0.3, 0.4) is 0 Å². The van der Waals surface area contributed by atoms with Crippen molar-refractivity contribution in [3.05, 3.63) is 0 Å². The number of hydrogen-bond donors (Lipinski definition) is 0. The number of methoxy groups -OCH3 is 2. The maximum Gasteiger partial charge on any atom is 0.310 e. The quantitative estimate of drug-likeness (QED) is 0.464. The van der Waals surface area contributed by atoms with E-state index in [1.165, 1.54) is 14.2 Å². The number of ether oxygens (including phenoxy) is 2. The standard InChI is InChI=1S/C13H25NO4/c1-5-6-7-8-14(12(15)10-17-3)9-11(2)13(16)18-4/h11H,5-10H2,1-4H3. The Morgan fingerprint density at radius 3 is 2.39 bits per heavy atom. The molecule has 5 heteroatoms. The number of amides is 1. The highest BCUT2D eigenvalue weighted by Crippen LogP contribution is 2.06. The van der Waals surface area contributed by atoms with E-state index in [9.17, 15) is 9.59 Å². The predicted octanol–water partition coefficient (Wildman–Crippen LogP) is 1.46. The molecule has 1 unspecified atom stereocenters. The molecule has 0 fully saturated rings. The third kappa shape index (κ3) is 6.59. The summed E-state index contributed by atoms with van der Waals surface area (Å²) in [6.45, 7) is 4.98. The number of rotatable bonds is 9. The SMILES string of the molecule is CCCCCN(CC(C)C(=O)OC)C(=O)COC.